The van der Waals surface area contributed by atoms with E-state index >= 15 is 0 Å². The van der Waals surface area contributed by atoms with Crippen molar-refractivity contribution in [3.8, 4) is 0 Å². The molecule has 12 heterocycles. The van der Waals surface area contributed by atoms with Crippen molar-refractivity contribution in [2.24, 2.45) is 0 Å². The molecule has 0 saturated carbocycles. The third kappa shape index (κ3) is 52.2. The Kier molecular flexibility index (Phi) is 50.5. The average Bonchev–Trinajstić information content (AvgIpc) is 1.82. The van der Waals surface area contributed by atoms with Crippen LogP contribution >= 0.6 is 186 Å². The van der Waals surface area contributed by atoms with Crippen molar-refractivity contribution in [1.82, 2.24) is 0 Å². The van der Waals surface area contributed by atoms with Crippen LogP contribution in [0.25, 0.3) is 131 Å². The average molecular weight is 2220 g/mol. The zero-order valence-electron chi connectivity index (χ0n) is 69.8. The van der Waals surface area contributed by atoms with Gasteiger partial charge in [-0.05, 0) is 72.8 Å². The second kappa shape index (κ2) is 60.7. The second-order valence-electron chi connectivity index (χ2n) is 25.7. The zero-order chi connectivity index (χ0) is 100. The van der Waals surface area contributed by atoms with Crippen LogP contribution in [-0.2, 0) is 27.4 Å². The minimum absolute atomic E-state index is 1.22. The van der Waals surface area contributed by atoms with E-state index in [1.807, 2.05) is 146 Å². The van der Waals surface area contributed by atoms with Crippen LogP contribution in [0.15, 0.2) is 356 Å². The molecule has 0 saturated heterocycles. The van der Waals surface area contributed by atoms with Crippen molar-refractivity contribution in [2.45, 2.75) is 0 Å². The minimum Gasteiger partial charge on any atom is -0.786 e. The summed E-state index contributed by atoms with van der Waals surface area (Å²) in [6.07, 6.45) is 0. The number of aromatic amines is 12. The lowest BCUT2D eigenvalue weighted by atomic mass is 10.3. The molecule has 0 atom stereocenters. The summed E-state index contributed by atoms with van der Waals surface area (Å²) in [6.45, 7) is 0. The van der Waals surface area contributed by atoms with Crippen molar-refractivity contribution in [1.29, 1.82) is 0 Å². The van der Waals surface area contributed by atoms with E-state index < -0.39 is 47.4 Å². The molecule has 12 N–H and O–H groups in total. The molecule has 0 radical (unpaired) electrons. The summed E-state index contributed by atoms with van der Waals surface area (Å²) >= 11 is 19.5. The molecule has 30 nitrogen and oxygen atoms in total. The van der Waals surface area contributed by atoms with Gasteiger partial charge in [-0.1, -0.05) is 146 Å². The number of fused-ring (bicyclic) bond motifs is 12. The monoisotopic (exact) mass is 2220 g/mol. The number of hydrogen-bond donors (Lipinski definition) is 0. The molecule has 0 aliphatic rings. The molecule has 0 fully saturated rings. The van der Waals surface area contributed by atoms with Gasteiger partial charge in [-0.15, -0.1) is 52.5 Å². The number of rotatable bonds is 0. The van der Waals surface area contributed by atoms with Crippen LogP contribution in [0.4, 0.5) is 25.2 Å². The number of H-pyrrole nitrogens is 12. The molecule has 0 aliphatic heterocycles. The highest BCUT2D eigenvalue weighted by molar-refractivity contribution is 7.43. The van der Waals surface area contributed by atoms with E-state index in [4.69, 9.17) is 86.1 Å². The Morgan fingerprint density at radius 3 is 0.254 bits per heavy atom. The summed E-state index contributed by atoms with van der Waals surface area (Å²) in [7, 11) is -33.8. The SMILES string of the molecule is O=P([O-])([O-])F.O=P([O-])([O-])F.O=P([O-])([O-])F.O=P([O-])([O-])F.O=P([O-])([O-])F.O=P([O-])([O-])F.c1ccc2[nH+]scc2c1.c1ccc2[nH+]scc2c1.c1ccc2[nH+]scc2c1.c1ccc2[nH+]scc2c1.c1ccc2[nH+]scc2c1.c1ccc2[nH+]scc2c1.c1ccc2[nH+]scc2c1.c1ccc2[nH+]scc2c1.c1ccc2[nH+]scc2c1.c1ccc2[nH+]scc2c1.c1ccc2[nH+]scc2c1.c1ccc2[nH+]scc2c1. The molecule has 54 heteroatoms. The Bertz CT molecular complexity index is 5900. The summed E-state index contributed by atoms with van der Waals surface area (Å²) < 4.78 is 149. The Morgan fingerprint density at radius 2 is 0.196 bits per heavy atom. The van der Waals surface area contributed by atoms with Crippen LogP contribution in [0.3, 0.4) is 0 Å². The molecule has 138 heavy (non-hydrogen) atoms. The first kappa shape index (κ1) is 115. The molecule has 12 aromatic carbocycles. The van der Waals surface area contributed by atoms with E-state index in [0.717, 1.165) is 0 Å². The molecule has 0 unspecified atom stereocenters. The Hall–Kier alpha value is -10.2. The quantitative estimate of drug-likeness (QED) is 0.100. The van der Waals surface area contributed by atoms with Crippen LogP contribution in [0, 0.1) is 0 Å². The minimum atomic E-state index is -5.64. The van der Waals surface area contributed by atoms with Gasteiger partial charge in [0.25, 0.3) is 0 Å². The highest BCUT2D eigenvalue weighted by Gasteiger charge is 2.06. The van der Waals surface area contributed by atoms with Gasteiger partial charge in [0.2, 0.25) is 66.2 Å². The van der Waals surface area contributed by atoms with Gasteiger partial charge in [-0.25, -0.2) is 25.2 Å². The molecule has 12 aromatic heterocycles. The maximum atomic E-state index is 10.1. The fourth-order valence-electron chi connectivity index (χ4n) is 10.2. The maximum Gasteiger partial charge on any atom is 0.224 e. The maximum absolute atomic E-state index is 10.1. The molecule has 0 amide bonds. The van der Waals surface area contributed by atoms with Crippen LogP contribution in [-0.4, -0.2) is 0 Å². The molecule has 0 spiro atoms. The zero-order valence-corrected chi connectivity index (χ0v) is 85.0. The van der Waals surface area contributed by atoms with E-state index in [2.05, 4.69) is 263 Å². The van der Waals surface area contributed by atoms with Gasteiger partial charge in [-0.3, -0.25) is 0 Å². The van der Waals surface area contributed by atoms with Gasteiger partial charge >= 0.3 is 0 Å². The molecule has 0 aliphatic carbocycles. The first-order valence-electron chi connectivity index (χ1n) is 38.0. The van der Waals surface area contributed by atoms with E-state index in [0.29, 0.717) is 0 Å². The molecule has 0 bridgehead atoms. The summed E-state index contributed by atoms with van der Waals surface area (Å²) in [6, 6.07) is 99.0. The van der Waals surface area contributed by atoms with Crippen molar-refractivity contribution in [2.75, 3.05) is 0 Å². The van der Waals surface area contributed by atoms with E-state index in [9.17, 15) is 25.2 Å². The normalized spacial score (nSPS) is 10.6. The van der Waals surface area contributed by atoms with E-state index in [-0.39, 0.29) is 0 Å². The van der Waals surface area contributed by atoms with Crippen molar-refractivity contribution in [3.63, 3.8) is 0 Å². The molecular formula is C84H72F6N12O18P6S12. The Morgan fingerprint density at radius 1 is 0.138 bits per heavy atom. The van der Waals surface area contributed by atoms with Gasteiger partial charge in [-0.2, -0.15) is 0 Å². The largest absolute Gasteiger partial charge is 0.786 e. The van der Waals surface area contributed by atoms with Gasteiger partial charge in [0.05, 0.1) is 129 Å². The smallest absolute Gasteiger partial charge is 0.224 e. The van der Waals surface area contributed by atoms with Gasteiger partial charge < -0.3 is 86.1 Å². The summed E-state index contributed by atoms with van der Waals surface area (Å²) in [5.74, 6) is 0. The number of hydrogen-bond acceptors (Lipinski definition) is 30. The predicted octanol–water partition coefficient (Wildman–Crippen LogP) is 13.3. The van der Waals surface area contributed by atoms with Crippen molar-refractivity contribution < 1.29 is 164 Å². The van der Waals surface area contributed by atoms with E-state index in [1.54, 1.807) is 138 Å². The number of aromatic nitrogens is 12. The second-order valence-corrected chi connectivity index (χ2v) is 39.0. The fraction of sp³-hybridized carbons (Fsp3) is 0. The first-order chi connectivity index (χ1) is 65.6. The third-order valence-electron chi connectivity index (χ3n) is 15.8. The van der Waals surface area contributed by atoms with Crippen molar-refractivity contribution in [3.05, 3.63) is 356 Å². The van der Waals surface area contributed by atoms with E-state index in [1.165, 1.54) is 131 Å². The number of benzene rings is 12. The Balaban J connectivity index is 0.000000200. The highest BCUT2D eigenvalue weighted by atomic mass is 32.2. The topological polar surface area (TPSA) is 549 Å². The van der Waals surface area contributed by atoms with Crippen LogP contribution in [0.5, 0.6) is 0 Å². The fourth-order valence-corrected chi connectivity index (χ4v) is 18.6. The predicted molar refractivity (Wildman–Crippen MR) is 513 cm³/mol. The molecule has 720 valence electrons. The number of nitrogens with one attached hydrogen (secondary N) is 12. The third-order valence-corrected chi connectivity index (χ3v) is 24.3. The highest BCUT2D eigenvalue weighted by Crippen LogP contribution is 2.26. The van der Waals surface area contributed by atoms with Gasteiger partial charge in [0.15, 0.2) is 0 Å². The summed E-state index contributed by atoms with van der Waals surface area (Å²) in [5, 5.41) is 40.8. The number of halogens is 6. The standard InChI is InChI=1S/12C7H5NS.6FH2O3P/c12*1-2-4-7-6(3-1)5-9-8-7;6*1-5(2,3)4/h12*1-5H;6*(H2,2,3,4). The van der Waals surface area contributed by atoms with Crippen molar-refractivity contribution >= 4 is 317 Å². The van der Waals surface area contributed by atoms with Crippen LogP contribution in [0.2, 0.25) is 0 Å². The van der Waals surface area contributed by atoms with Crippen LogP contribution in [0.1, 0.15) is 0 Å². The Labute approximate surface area is 828 Å². The molecule has 24 aromatic rings. The molecular weight excluding hydrogens is 2150 g/mol. The first-order valence-corrected chi connectivity index (χ1v) is 57.1. The summed E-state index contributed by atoms with van der Waals surface area (Å²) in [5.41, 5.74) is 14.7. The van der Waals surface area contributed by atoms with Gasteiger partial charge in [0.1, 0.15) is 186 Å². The lowest BCUT2D eigenvalue weighted by molar-refractivity contribution is -0.330. The van der Waals surface area contributed by atoms with Gasteiger partial charge in [0, 0.05) is 72.8 Å². The number of para-hydroxylation sites is 12. The van der Waals surface area contributed by atoms with Crippen LogP contribution < -0.4 is 111 Å². The molecule has 24 rings (SSSR count). The lowest BCUT2D eigenvalue weighted by Crippen LogP contribution is -2.07. The lowest BCUT2D eigenvalue weighted by Gasteiger charge is -2.15. The summed E-state index contributed by atoms with van der Waals surface area (Å²) in [4.78, 5) is 101.